The Kier molecular flexibility index (Phi) is 3.47. The van der Waals surface area contributed by atoms with E-state index >= 15 is 0 Å². The molecule has 8 heteroatoms. The van der Waals surface area contributed by atoms with Crippen molar-refractivity contribution in [2.45, 2.75) is 20.4 Å². The fraction of sp³-hybridized carbons (Fsp3) is 0.250. The first kappa shape index (κ1) is 13.7. The van der Waals surface area contributed by atoms with Crippen molar-refractivity contribution >= 4 is 11.4 Å². The molecule has 8 nitrogen and oxygen atoms in total. The maximum Gasteiger partial charge on any atom is 0.281 e. The maximum absolute atomic E-state index is 11.0. The number of aryl methyl sites for hydroxylation is 2. The summed E-state index contributed by atoms with van der Waals surface area (Å²) in [5.74, 6) is 0. The third kappa shape index (κ3) is 2.63. The van der Waals surface area contributed by atoms with Crippen molar-refractivity contribution in [2.75, 3.05) is 0 Å². The van der Waals surface area contributed by atoms with Crippen LogP contribution >= 0.6 is 0 Å². The Morgan fingerprint density at radius 3 is 2.35 bits per heavy atom. The highest BCUT2D eigenvalue weighted by atomic mass is 16.6. The summed E-state index contributed by atoms with van der Waals surface area (Å²) in [6, 6.07) is 5.49. The molecule has 104 valence electrons. The molecule has 0 amide bonds. The lowest BCUT2D eigenvalue weighted by atomic mass is 10.1. The number of aromatic nitrogens is 2. The number of nitrogens with zero attached hydrogens (tertiary/aromatic N) is 4. The molecule has 0 N–H and O–H groups in total. The number of non-ortho nitro benzene ring substituents is 1. The van der Waals surface area contributed by atoms with Gasteiger partial charge in [-0.05, 0) is 26.0 Å². The highest BCUT2D eigenvalue weighted by molar-refractivity contribution is 5.49. The molecule has 0 fully saturated rings. The normalized spacial score (nSPS) is 10.5. The van der Waals surface area contributed by atoms with Crippen molar-refractivity contribution in [3.05, 3.63) is 61.4 Å². The maximum atomic E-state index is 11.0. The van der Waals surface area contributed by atoms with Gasteiger partial charge < -0.3 is 0 Å². The topological polar surface area (TPSA) is 104 Å². The summed E-state index contributed by atoms with van der Waals surface area (Å²) in [7, 11) is 0. The summed E-state index contributed by atoms with van der Waals surface area (Å²) >= 11 is 0. The fourth-order valence-corrected chi connectivity index (χ4v) is 1.97. The van der Waals surface area contributed by atoms with E-state index in [1.54, 1.807) is 4.68 Å². The molecule has 0 aliphatic carbocycles. The monoisotopic (exact) mass is 276 g/mol. The first-order chi connectivity index (χ1) is 9.38. The first-order valence-electron chi connectivity index (χ1n) is 5.81. The Hall–Kier alpha value is -2.77. The van der Waals surface area contributed by atoms with Gasteiger partial charge in [-0.3, -0.25) is 24.9 Å². The minimum atomic E-state index is -0.653. The Morgan fingerprint density at radius 2 is 1.85 bits per heavy atom. The second-order valence-electron chi connectivity index (χ2n) is 4.41. The van der Waals surface area contributed by atoms with Gasteiger partial charge in [0.1, 0.15) is 0 Å². The highest BCUT2D eigenvalue weighted by Crippen LogP contribution is 2.25. The van der Waals surface area contributed by atoms with Gasteiger partial charge >= 0.3 is 0 Å². The molecule has 2 aromatic rings. The Morgan fingerprint density at radius 1 is 1.15 bits per heavy atom. The second-order valence-corrected chi connectivity index (χ2v) is 4.41. The van der Waals surface area contributed by atoms with Crippen LogP contribution in [-0.2, 0) is 6.54 Å². The number of benzene rings is 1. The van der Waals surface area contributed by atoms with E-state index in [1.807, 2.05) is 19.9 Å². The quantitative estimate of drug-likeness (QED) is 0.629. The Balaban J connectivity index is 2.43. The Labute approximate surface area is 113 Å². The molecular formula is C12H12N4O4. The lowest BCUT2D eigenvalue weighted by Gasteiger charge is -2.05. The van der Waals surface area contributed by atoms with Gasteiger partial charge in [-0.1, -0.05) is 0 Å². The summed E-state index contributed by atoms with van der Waals surface area (Å²) in [6.07, 6.45) is 0. The van der Waals surface area contributed by atoms with Crippen LogP contribution in [0.2, 0.25) is 0 Å². The van der Waals surface area contributed by atoms with Crippen LogP contribution in [0, 0.1) is 34.1 Å². The van der Waals surface area contributed by atoms with Crippen molar-refractivity contribution in [3.63, 3.8) is 0 Å². The van der Waals surface area contributed by atoms with E-state index in [-0.39, 0.29) is 17.9 Å². The van der Waals surface area contributed by atoms with E-state index < -0.39 is 9.85 Å². The zero-order valence-electron chi connectivity index (χ0n) is 10.9. The van der Waals surface area contributed by atoms with Gasteiger partial charge in [-0.15, -0.1) is 0 Å². The molecular weight excluding hydrogens is 264 g/mol. The van der Waals surface area contributed by atoms with Crippen molar-refractivity contribution < 1.29 is 9.85 Å². The van der Waals surface area contributed by atoms with Crippen LogP contribution in [0.4, 0.5) is 11.4 Å². The van der Waals surface area contributed by atoms with Crippen molar-refractivity contribution in [1.29, 1.82) is 0 Å². The third-order valence-electron chi connectivity index (χ3n) is 2.90. The summed E-state index contributed by atoms with van der Waals surface area (Å²) in [5.41, 5.74) is 1.49. The zero-order valence-corrected chi connectivity index (χ0v) is 10.9. The van der Waals surface area contributed by atoms with Gasteiger partial charge in [-0.25, -0.2) is 0 Å². The Bertz CT molecular complexity index is 693. The first-order valence-corrected chi connectivity index (χ1v) is 5.81. The van der Waals surface area contributed by atoms with E-state index in [0.717, 1.165) is 17.5 Å². The predicted molar refractivity (Wildman–Crippen MR) is 70.6 cm³/mol. The average molecular weight is 276 g/mol. The zero-order chi connectivity index (χ0) is 14.9. The third-order valence-corrected chi connectivity index (χ3v) is 2.90. The molecule has 1 aromatic heterocycles. The van der Waals surface area contributed by atoms with Gasteiger partial charge in [0.15, 0.2) is 0 Å². The van der Waals surface area contributed by atoms with Gasteiger partial charge in [-0.2, -0.15) is 5.10 Å². The minimum Gasteiger partial charge on any atom is -0.265 e. The predicted octanol–water partition coefficient (Wildman–Crippen LogP) is 2.36. The summed E-state index contributed by atoms with van der Waals surface area (Å²) in [5, 5.41) is 25.9. The van der Waals surface area contributed by atoms with E-state index in [4.69, 9.17) is 0 Å². The van der Waals surface area contributed by atoms with E-state index in [0.29, 0.717) is 5.56 Å². The molecule has 0 bridgehead atoms. The van der Waals surface area contributed by atoms with E-state index in [2.05, 4.69) is 5.10 Å². The summed E-state index contributed by atoms with van der Waals surface area (Å²) in [4.78, 5) is 20.4. The molecule has 1 aromatic carbocycles. The van der Waals surface area contributed by atoms with Crippen LogP contribution in [-0.4, -0.2) is 19.6 Å². The van der Waals surface area contributed by atoms with Crippen molar-refractivity contribution in [2.24, 2.45) is 0 Å². The molecule has 2 rings (SSSR count). The molecule has 0 atom stereocenters. The smallest absolute Gasteiger partial charge is 0.265 e. The van der Waals surface area contributed by atoms with Gasteiger partial charge in [0.25, 0.3) is 11.4 Å². The highest BCUT2D eigenvalue weighted by Gasteiger charge is 2.20. The van der Waals surface area contributed by atoms with Gasteiger partial charge in [0.05, 0.1) is 33.7 Å². The standard InChI is InChI=1S/C12H12N4O4/c1-8-5-9(2)14(13-8)7-10-3-4-11(15(17)18)6-12(10)16(19)20/h3-6H,7H2,1-2H3. The lowest BCUT2D eigenvalue weighted by Crippen LogP contribution is -2.07. The second kappa shape index (κ2) is 5.08. The van der Waals surface area contributed by atoms with Crippen LogP contribution in [0.3, 0.4) is 0 Å². The number of hydrogen-bond donors (Lipinski definition) is 0. The van der Waals surface area contributed by atoms with Gasteiger partial charge in [0, 0.05) is 11.8 Å². The molecule has 20 heavy (non-hydrogen) atoms. The summed E-state index contributed by atoms with van der Waals surface area (Å²) in [6.45, 7) is 3.87. The number of nitro benzene ring substituents is 2. The fourth-order valence-electron chi connectivity index (χ4n) is 1.97. The van der Waals surface area contributed by atoms with Crippen LogP contribution < -0.4 is 0 Å². The molecule has 0 aliphatic heterocycles. The number of hydrogen-bond acceptors (Lipinski definition) is 5. The van der Waals surface area contributed by atoms with Crippen LogP contribution in [0.25, 0.3) is 0 Å². The van der Waals surface area contributed by atoms with Crippen molar-refractivity contribution in [3.8, 4) is 0 Å². The van der Waals surface area contributed by atoms with Crippen LogP contribution in [0.1, 0.15) is 17.0 Å². The molecule has 0 radical (unpaired) electrons. The molecule has 1 heterocycles. The largest absolute Gasteiger partial charge is 0.281 e. The van der Waals surface area contributed by atoms with Crippen molar-refractivity contribution in [1.82, 2.24) is 9.78 Å². The molecule has 0 unspecified atom stereocenters. The van der Waals surface area contributed by atoms with E-state index in [9.17, 15) is 20.2 Å². The molecule has 0 saturated carbocycles. The molecule has 0 aliphatic rings. The van der Waals surface area contributed by atoms with Crippen LogP contribution in [0.15, 0.2) is 24.3 Å². The van der Waals surface area contributed by atoms with E-state index in [1.165, 1.54) is 12.1 Å². The van der Waals surface area contributed by atoms with Gasteiger partial charge in [0.2, 0.25) is 0 Å². The van der Waals surface area contributed by atoms with Crippen LogP contribution in [0.5, 0.6) is 0 Å². The molecule has 0 spiro atoms. The SMILES string of the molecule is Cc1cc(C)n(Cc2ccc([N+](=O)[O-])cc2[N+](=O)[O-])n1. The lowest BCUT2D eigenvalue weighted by molar-refractivity contribution is -0.394. The summed E-state index contributed by atoms with van der Waals surface area (Å²) < 4.78 is 1.63. The number of nitro groups is 2. The molecule has 0 saturated heterocycles. The number of rotatable bonds is 4. The average Bonchev–Trinajstić information content (AvgIpc) is 2.67. The minimum absolute atomic E-state index is 0.202.